The molecule has 0 amide bonds. The zero-order valence-corrected chi connectivity index (χ0v) is 20.3. The third kappa shape index (κ3) is 12.1. The third-order valence-electron chi connectivity index (χ3n) is 5.72. The van der Waals surface area contributed by atoms with Crippen molar-refractivity contribution in [1.29, 1.82) is 0 Å². The molecule has 0 radical (unpaired) electrons. The maximum atomic E-state index is 12.2. The van der Waals surface area contributed by atoms with Gasteiger partial charge in [0.15, 0.2) is 0 Å². The van der Waals surface area contributed by atoms with Crippen molar-refractivity contribution in [2.75, 3.05) is 6.61 Å². The molecule has 0 fully saturated rings. The summed E-state index contributed by atoms with van der Waals surface area (Å²) in [6.07, 6.45) is 11.7. The van der Waals surface area contributed by atoms with Crippen LogP contribution in [0.4, 0.5) is 0 Å². The van der Waals surface area contributed by atoms with Gasteiger partial charge in [-0.25, -0.2) is 4.79 Å². The molecule has 170 valence electrons. The quantitative estimate of drug-likeness (QED) is 0.218. The zero-order valence-electron chi connectivity index (χ0n) is 20.3. The Balaban J connectivity index is 4.59. The smallest absolute Gasteiger partial charge is 0.347 e. The van der Waals surface area contributed by atoms with E-state index in [0.717, 1.165) is 25.7 Å². The Labute approximate surface area is 179 Å². The summed E-state index contributed by atoms with van der Waals surface area (Å²) in [6.45, 7) is 17.1. The minimum atomic E-state index is -0.815. The van der Waals surface area contributed by atoms with Gasteiger partial charge in [0.05, 0.1) is 6.61 Å². The van der Waals surface area contributed by atoms with E-state index in [1.54, 1.807) is 6.92 Å². The first-order chi connectivity index (χ1) is 13.5. The highest BCUT2D eigenvalue weighted by Crippen LogP contribution is 2.33. The van der Waals surface area contributed by atoms with Crippen LogP contribution in [-0.4, -0.2) is 24.6 Å². The van der Waals surface area contributed by atoms with Crippen molar-refractivity contribution < 1.29 is 19.1 Å². The number of hydrogen-bond donors (Lipinski definition) is 0. The molecule has 0 bridgehead atoms. The molecule has 0 aliphatic heterocycles. The monoisotopic (exact) mass is 410 g/mol. The average Bonchev–Trinajstić information content (AvgIpc) is 2.64. The number of carbonyl (C=O) groups excluding carboxylic acids is 2. The first-order valence-electron chi connectivity index (χ1n) is 11.5. The second-order valence-corrected chi connectivity index (χ2v) is 9.64. The van der Waals surface area contributed by atoms with Crippen LogP contribution in [0.3, 0.4) is 0 Å². The Morgan fingerprint density at radius 2 is 1.66 bits per heavy atom. The fourth-order valence-electron chi connectivity index (χ4n) is 3.32. The first-order valence-corrected chi connectivity index (χ1v) is 11.5. The van der Waals surface area contributed by atoms with Gasteiger partial charge in [-0.3, -0.25) is 4.79 Å². The Bertz CT molecular complexity index is 507. The van der Waals surface area contributed by atoms with E-state index in [4.69, 9.17) is 9.47 Å². The highest BCUT2D eigenvalue weighted by molar-refractivity contribution is 5.79. The predicted molar refractivity (Wildman–Crippen MR) is 121 cm³/mol. The molecule has 0 saturated heterocycles. The summed E-state index contributed by atoms with van der Waals surface area (Å²) < 4.78 is 10.4. The van der Waals surface area contributed by atoms with Crippen LogP contribution in [-0.2, 0) is 19.1 Å². The minimum absolute atomic E-state index is 0.0830. The normalized spacial score (nSPS) is 15.3. The predicted octanol–water partition coefficient (Wildman–Crippen LogP) is 6.87. The van der Waals surface area contributed by atoms with Gasteiger partial charge < -0.3 is 9.47 Å². The second-order valence-electron chi connectivity index (χ2n) is 9.64. The van der Waals surface area contributed by atoms with Crippen molar-refractivity contribution in [1.82, 2.24) is 0 Å². The SMILES string of the molecule is CCCCC(C)(C)C/C=C\C(C)(CC)CCCC(=O)OC(C(=O)OCC)C(C)C. The molecule has 4 nitrogen and oxygen atoms in total. The molecule has 29 heavy (non-hydrogen) atoms. The van der Waals surface area contributed by atoms with Crippen LogP contribution in [0.1, 0.15) is 107 Å². The molecule has 0 aliphatic carbocycles. The van der Waals surface area contributed by atoms with Crippen molar-refractivity contribution >= 4 is 11.9 Å². The van der Waals surface area contributed by atoms with Gasteiger partial charge in [-0.05, 0) is 49.9 Å². The minimum Gasteiger partial charge on any atom is -0.463 e. The first kappa shape index (κ1) is 27.7. The fraction of sp³-hybridized carbons (Fsp3) is 0.840. The van der Waals surface area contributed by atoms with Gasteiger partial charge >= 0.3 is 11.9 Å². The van der Waals surface area contributed by atoms with Crippen molar-refractivity contribution in [2.45, 2.75) is 113 Å². The lowest BCUT2D eigenvalue weighted by Gasteiger charge is -2.27. The number of ether oxygens (including phenoxy) is 2. The standard InChI is InChI=1S/C25H46O4/c1-9-12-16-24(6,7)17-14-19-25(8,10-2)18-13-15-21(26)29-22(20(4)5)23(27)28-11-3/h14,19-20,22H,9-13,15-18H2,1-8H3/b19-14-. The number of hydrogen-bond acceptors (Lipinski definition) is 4. The second kappa shape index (κ2) is 13.8. The summed E-state index contributed by atoms with van der Waals surface area (Å²) in [5, 5.41) is 0. The van der Waals surface area contributed by atoms with Crippen molar-refractivity contribution in [3.63, 3.8) is 0 Å². The van der Waals surface area contributed by atoms with Crippen molar-refractivity contribution in [3.05, 3.63) is 12.2 Å². The van der Waals surface area contributed by atoms with Crippen LogP contribution in [0.25, 0.3) is 0 Å². The van der Waals surface area contributed by atoms with E-state index in [9.17, 15) is 9.59 Å². The lowest BCUT2D eigenvalue weighted by atomic mass is 9.79. The summed E-state index contributed by atoms with van der Waals surface area (Å²) in [5.74, 6) is -0.874. The zero-order chi connectivity index (χ0) is 22.5. The molecule has 0 heterocycles. The maximum absolute atomic E-state index is 12.2. The molecule has 0 aromatic carbocycles. The van der Waals surface area contributed by atoms with Gasteiger partial charge in [-0.2, -0.15) is 0 Å². The highest BCUT2D eigenvalue weighted by Gasteiger charge is 2.28. The molecular weight excluding hydrogens is 364 g/mol. The molecule has 0 spiro atoms. The Hall–Kier alpha value is -1.32. The van der Waals surface area contributed by atoms with Crippen LogP contribution in [0.5, 0.6) is 0 Å². The van der Waals surface area contributed by atoms with Crippen LogP contribution >= 0.6 is 0 Å². The lowest BCUT2D eigenvalue weighted by molar-refractivity contribution is -0.170. The van der Waals surface area contributed by atoms with E-state index in [1.165, 1.54) is 19.3 Å². The summed E-state index contributed by atoms with van der Waals surface area (Å²) in [6, 6.07) is 0. The highest BCUT2D eigenvalue weighted by atomic mass is 16.6. The van der Waals surface area contributed by atoms with Crippen LogP contribution < -0.4 is 0 Å². The van der Waals surface area contributed by atoms with Gasteiger partial charge in [0.2, 0.25) is 6.10 Å². The van der Waals surface area contributed by atoms with Gasteiger partial charge in [0.1, 0.15) is 0 Å². The van der Waals surface area contributed by atoms with E-state index < -0.39 is 12.1 Å². The lowest BCUT2D eigenvalue weighted by Crippen LogP contribution is -2.33. The van der Waals surface area contributed by atoms with Gasteiger partial charge in [0.25, 0.3) is 0 Å². The topological polar surface area (TPSA) is 52.6 Å². The van der Waals surface area contributed by atoms with Crippen LogP contribution in [0.2, 0.25) is 0 Å². The molecule has 2 unspecified atom stereocenters. The van der Waals surface area contributed by atoms with E-state index in [2.05, 4.69) is 46.8 Å². The summed E-state index contributed by atoms with van der Waals surface area (Å²) >= 11 is 0. The molecule has 0 aromatic rings. The number of esters is 2. The molecule has 2 atom stereocenters. The number of carbonyl (C=O) groups is 2. The van der Waals surface area contributed by atoms with E-state index in [0.29, 0.717) is 11.8 Å². The van der Waals surface area contributed by atoms with Crippen LogP contribution in [0, 0.1) is 16.7 Å². The molecule has 0 aromatic heterocycles. The van der Waals surface area contributed by atoms with Gasteiger partial charge in [-0.15, -0.1) is 0 Å². The van der Waals surface area contributed by atoms with Crippen LogP contribution in [0.15, 0.2) is 12.2 Å². The molecule has 4 heteroatoms. The maximum Gasteiger partial charge on any atom is 0.347 e. The van der Waals surface area contributed by atoms with E-state index >= 15 is 0 Å². The summed E-state index contributed by atoms with van der Waals surface area (Å²) in [7, 11) is 0. The molecular formula is C25H46O4. The van der Waals surface area contributed by atoms with Crippen molar-refractivity contribution in [2.24, 2.45) is 16.7 Å². The Morgan fingerprint density at radius 3 is 2.17 bits per heavy atom. The Morgan fingerprint density at radius 1 is 1.00 bits per heavy atom. The number of rotatable bonds is 15. The van der Waals surface area contributed by atoms with Gasteiger partial charge in [-0.1, -0.05) is 73.5 Å². The Kier molecular flexibility index (Phi) is 13.2. The van der Waals surface area contributed by atoms with Crippen molar-refractivity contribution in [3.8, 4) is 0 Å². The van der Waals surface area contributed by atoms with E-state index in [1.807, 2.05) is 13.8 Å². The summed E-state index contributed by atoms with van der Waals surface area (Å²) in [5.41, 5.74) is 0.420. The fourth-order valence-corrected chi connectivity index (χ4v) is 3.32. The molecule has 0 aliphatic rings. The largest absolute Gasteiger partial charge is 0.463 e. The third-order valence-corrected chi connectivity index (χ3v) is 5.72. The number of allylic oxidation sites excluding steroid dienone is 2. The molecule has 0 N–H and O–H groups in total. The number of unbranched alkanes of at least 4 members (excludes halogenated alkanes) is 1. The van der Waals surface area contributed by atoms with Gasteiger partial charge in [0, 0.05) is 12.3 Å². The molecule has 0 saturated carbocycles. The van der Waals surface area contributed by atoms with E-state index in [-0.39, 0.29) is 23.9 Å². The molecule has 0 rings (SSSR count). The summed E-state index contributed by atoms with van der Waals surface area (Å²) in [4.78, 5) is 24.2. The average molecular weight is 411 g/mol.